The van der Waals surface area contributed by atoms with Crippen LogP contribution in [0.3, 0.4) is 0 Å². The molecule has 1 nitrogen and oxygen atoms in total. The maximum Gasteiger partial charge on any atom is 1.00 e. The van der Waals surface area contributed by atoms with E-state index in [4.69, 9.17) is 5.11 Å². The van der Waals surface area contributed by atoms with Crippen molar-refractivity contribution in [2.45, 2.75) is 19.8 Å². The number of hydrogen-bond acceptors (Lipinski definition) is 1. The van der Waals surface area contributed by atoms with Gasteiger partial charge in [-0.1, -0.05) is 13.3 Å². The molecule has 0 saturated carbocycles. The molecule has 0 aromatic rings. The van der Waals surface area contributed by atoms with Crippen LogP contribution in [0.4, 0.5) is 0 Å². The molecule has 0 aromatic heterocycles. The summed E-state index contributed by atoms with van der Waals surface area (Å²) in [5, 5.41) is 8.07. The molecule has 1 N–H and O–H groups in total. The summed E-state index contributed by atoms with van der Waals surface area (Å²) in [4.78, 5) is 0. The number of aliphatic hydroxyl groups excluding tert-OH is 1. The zero-order valence-electron chi connectivity index (χ0n) is 5.57. The topological polar surface area (TPSA) is 20.2 Å². The van der Waals surface area contributed by atoms with E-state index in [0.29, 0.717) is 6.61 Å². The van der Waals surface area contributed by atoms with Gasteiger partial charge in [-0.2, -0.15) is 0 Å². The summed E-state index contributed by atoms with van der Waals surface area (Å²) in [5.41, 5.74) is 0. The van der Waals surface area contributed by atoms with Crippen molar-refractivity contribution < 1.29 is 36.1 Å². The minimum absolute atomic E-state index is 0. The van der Waals surface area contributed by atoms with E-state index in [1.165, 1.54) is 0 Å². The van der Waals surface area contributed by atoms with Crippen molar-refractivity contribution in [1.82, 2.24) is 0 Å². The van der Waals surface area contributed by atoms with Gasteiger partial charge in [-0.3, -0.25) is 0 Å². The Morgan fingerprint density at radius 3 is 2.17 bits per heavy atom. The normalized spacial score (nSPS) is 7.00. The van der Waals surface area contributed by atoms with E-state index >= 15 is 0 Å². The van der Waals surface area contributed by atoms with Crippen LogP contribution in [0, 0.1) is 0 Å². The monoisotopic (exact) mass is 98.1 g/mol. The number of unbranched alkanes of at least 4 members (excludes halogenated alkanes) is 1. The molecular weight excluding hydrogens is 87.0 g/mol. The van der Waals surface area contributed by atoms with Gasteiger partial charge in [0.2, 0.25) is 0 Å². The van der Waals surface area contributed by atoms with Crippen molar-refractivity contribution >= 4 is 0 Å². The van der Waals surface area contributed by atoms with Crippen LogP contribution < -0.4 is 29.6 Å². The van der Waals surface area contributed by atoms with Gasteiger partial charge >= 0.3 is 29.6 Å². The van der Waals surface area contributed by atoms with E-state index in [-0.39, 0.29) is 31.0 Å². The molecule has 0 bridgehead atoms. The molecule has 34 valence electrons. The molecule has 0 fully saturated rings. The second-order valence-corrected chi connectivity index (χ2v) is 1.08. The van der Waals surface area contributed by atoms with Gasteiger partial charge in [-0.15, -0.1) is 0 Å². The van der Waals surface area contributed by atoms with Gasteiger partial charge in [-0.05, 0) is 6.42 Å². The van der Waals surface area contributed by atoms with Gasteiger partial charge in [-0.25, -0.2) is 0 Å². The summed E-state index contributed by atoms with van der Waals surface area (Å²) in [6.07, 6.45) is 2.04. The molecule has 0 aliphatic heterocycles. The fourth-order valence-corrected chi connectivity index (χ4v) is 0.158. The van der Waals surface area contributed by atoms with E-state index in [0.717, 1.165) is 12.8 Å². The molecule has 0 rings (SSSR count). The van der Waals surface area contributed by atoms with Crippen molar-refractivity contribution in [3.8, 4) is 0 Å². The van der Waals surface area contributed by atoms with Crippen molar-refractivity contribution in [3.63, 3.8) is 0 Å². The summed E-state index contributed by atoms with van der Waals surface area (Å²) in [7, 11) is 0. The van der Waals surface area contributed by atoms with Gasteiger partial charge in [0.05, 0.1) is 0 Å². The molecule has 0 aromatic carbocycles. The average Bonchev–Trinajstić information content (AvgIpc) is 1.41. The predicted octanol–water partition coefficient (Wildman–Crippen LogP) is -2.10. The third kappa shape index (κ3) is 8.88. The average molecular weight is 98.1 g/mol. The molecule has 6 heavy (non-hydrogen) atoms. The summed E-state index contributed by atoms with van der Waals surface area (Å²) >= 11 is 0. The van der Waals surface area contributed by atoms with Gasteiger partial charge in [0.25, 0.3) is 0 Å². The van der Waals surface area contributed by atoms with Crippen LogP contribution in [0.15, 0.2) is 0 Å². The van der Waals surface area contributed by atoms with Gasteiger partial charge in [0, 0.05) is 6.61 Å². The SMILES string of the molecule is CCCCO.[H-].[Na+]. The Morgan fingerprint density at radius 2 is 2.17 bits per heavy atom. The van der Waals surface area contributed by atoms with E-state index in [1.807, 2.05) is 0 Å². The smallest absolute Gasteiger partial charge is 1.00 e. The first kappa shape index (κ1) is 10.0. The van der Waals surface area contributed by atoms with Crippen LogP contribution >= 0.6 is 0 Å². The van der Waals surface area contributed by atoms with E-state index in [1.54, 1.807) is 0 Å². The Kier molecular flexibility index (Phi) is 15.7. The maximum absolute atomic E-state index is 8.07. The molecule has 0 radical (unpaired) electrons. The van der Waals surface area contributed by atoms with Crippen LogP contribution in [0.25, 0.3) is 0 Å². The standard InChI is InChI=1S/C4H10O.Na.H/c1-2-3-4-5;;/h5H,2-4H2,1H3;;/q;+1;-1. The molecule has 0 aliphatic carbocycles. The largest absolute Gasteiger partial charge is 1.00 e. The maximum atomic E-state index is 8.07. The van der Waals surface area contributed by atoms with E-state index in [2.05, 4.69) is 6.92 Å². The summed E-state index contributed by atoms with van der Waals surface area (Å²) in [6, 6.07) is 0. The molecule has 0 heterocycles. The Hall–Kier alpha value is 0.960. The van der Waals surface area contributed by atoms with Crippen LogP contribution in [0.2, 0.25) is 0 Å². The first-order chi connectivity index (χ1) is 2.41. The van der Waals surface area contributed by atoms with E-state index in [9.17, 15) is 0 Å². The number of rotatable bonds is 2. The molecule has 0 saturated heterocycles. The Bertz CT molecular complexity index is 19.2. The molecule has 0 spiro atoms. The van der Waals surface area contributed by atoms with Crippen molar-refractivity contribution in [1.29, 1.82) is 0 Å². The second-order valence-electron chi connectivity index (χ2n) is 1.08. The van der Waals surface area contributed by atoms with E-state index < -0.39 is 0 Å². The minimum Gasteiger partial charge on any atom is -1.00 e. The third-order valence-electron chi connectivity index (χ3n) is 0.512. The van der Waals surface area contributed by atoms with Crippen LogP contribution in [-0.4, -0.2) is 11.7 Å². The summed E-state index contributed by atoms with van der Waals surface area (Å²) in [5.74, 6) is 0. The molecule has 0 atom stereocenters. The quantitative estimate of drug-likeness (QED) is 0.392. The first-order valence-corrected chi connectivity index (χ1v) is 2.02. The zero-order chi connectivity index (χ0) is 4.12. The van der Waals surface area contributed by atoms with Crippen molar-refractivity contribution in [2.75, 3.05) is 6.61 Å². The number of hydrogen-bond donors (Lipinski definition) is 1. The molecule has 0 aliphatic rings. The Morgan fingerprint density at radius 1 is 1.67 bits per heavy atom. The first-order valence-electron chi connectivity index (χ1n) is 2.02. The van der Waals surface area contributed by atoms with Gasteiger partial charge in [0.1, 0.15) is 0 Å². The molecule has 0 unspecified atom stereocenters. The fourth-order valence-electron chi connectivity index (χ4n) is 0.158. The van der Waals surface area contributed by atoms with Crippen LogP contribution in [0.5, 0.6) is 0 Å². The predicted molar refractivity (Wildman–Crippen MR) is 23.1 cm³/mol. The van der Waals surface area contributed by atoms with Crippen molar-refractivity contribution in [2.24, 2.45) is 0 Å². The second kappa shape index (κ2) is 9.35. The fraction of sp³-hybridized carbons (Fsp3) is 1.00. The molecular formula is C4H11NaO. The van der Waals surface area contributed by atoms with Crippen LogP contribution in [-0.2, 0) is 0 Å². The van der Waals surface area contributed by atoms with Crippen LogP contribution in [0.1, 0.15) is 21.2 Å². The van der Waals surface area contributed by atoms with Crippen molar-refractivity contribution in [3.05, 3.63) is 0 Å². The Labute approximate surface area is 62.5 Å². The zero-order valence-corrected chi connectivity index (χ0v) is 6.57. The van der Waals surface area contributed by atoms with Gasteiger partial charge in [0.15, 0.2) is 0 Å². The third-order valence-corrected chi connectivity index (χ3v) is 0.512. The van der Waals surface area contributed by atoms with Gasteiger partial charge < -0.3 is 6.53 Å². The molecule has 2 heteroatoms. The minimum atomic E-state index is 0. The number of aliphatic hydroxyl groups is 1. The molecule has 0 amide bonds. The summed E-state index contributed by atoms with van der Waals surface area (Å²) < 4.78 is 0. The summed E-state index contributed by atoms with van der Waals surface area (Å²) in [6.45, 7) is 2.40. The Balaban J connectivity index is -0.0000000800.